The van der Waals surface area contributed by atoms with Gasteiger partial charge < -0.3 is 10.6 Å². The largest absolute Gasteiger partial charge is 0.357 e. The van der Waals surface area contributed by atoms with E-state index in [1.165, 1.54) is 11.1 Å². The first-order chi connectivity index (χ1) is 10.7. The number of guanidine groups is 1. The molecule has 0 saturated carbocycles. The second kappa shape index (κ2) is 10.6. The van der Waals surface area contributed by atoms with Crippen molar-refractivity contribution in [1.29, 1.82) is 0 Å². The number of nitrogens with one attached hydrogen (secondary N) is 2. The van der Waals surface area contributed by atoms with E-state index in [4.69, 9.17) is 0 Å². The van der Waals surface area contributed by atoms with Crippen molar-refractivity contribution in [3.8, 4) is 0 Å². The highest BCUT2D eigenvalue weighted by atomic mass is 127. The van der Waals surface area contributed by atoms with Gasteiger partial charge in [0.25, 0.3) is 0 Å². The van der Waals surface area contributed by atoms with E-state index in [0.717, 1.165) is 36.2 Å². The summed E-state index contributed by atoms with van der Waals surface area (Å²) in [6, 6.07) is 8.46. The van der Waals surface area contributed by atoms with E-state index in [-0.39, 0.29) is 24.0 Å². The monoisotopic (exact) mass is 444 g/mol. The first-order valence-electron chi connectivity index (χ1n) is 7.66. The third-order valence-corrected chi connectivity index (χ3v) is 4.01. The summed E-state index contributed by atoms with van der Waals surface area (Å²) in [5, 5.41) is 9.89. The predicted molar refractivity (Wildman–Crippen MR) is 110 cm³/mol. The molecule has 0 aliphatic rings. The van der Waals surface area contributed by atoms with Gasteiger partial charge in [-0.25, -0.2) is 9.98 Å². The zero-order chi connectivity index (χ0) is 15.8. The van der Waals surface area contributed by atoms with Gasteiger partial charge in [0.05, 0.1) is 17.2 Å². The van der Waals surface area contributed by atoms with Crippen molar-refractivity contribution < 1.29 is 0 Å². The van der Waals surface area contributed by atoms with Gasteiger partial charge in [-0.1, -0.05) is 29.8 Å². The Morgan fingerprint density at radius 2 is 2.09 bits per heavy atom. The van der Waals surface area contributed by atoms with Crippen LogP contribution in [0.3, 0.4) is 0 Å². The fourth-order valence-electron chi connectivity index (χ4n) is 2.15. The smallest absolute Gasteiger partial charge is 0.191 e. The molecule has 1 aromatic heterocycles. The summed E-state index contributed by atoms with van der Waals surface area (Å²) in [5.74, 6) is 0.857. The molecule has 0 saturated heterocycles. The lowest BCUT2D eigenvalue weighted by molar-refractivity contribution is 0.790. The summed E-state index contributed by atoms with van der Waals surface area (Å²) < 4.78 is 0. The van der Waals surface area contributed by atoms with Crippen LogP contribution >= 0.6 is 35.3 Å². The van der Waals surface area contributed by atoms with Crippen LogP contribution in [0.2, 0.25) is 0 Å². The van der Waals surface area contributed by atoms with Gasteiger partial charge in [0.1, 0.15) is 0 Å². The molecule has 0 amide bonds. The number of thiazole rings is 1. The van der Waals surface area contributed by atoms with Crippen LogP contribution in [0, 0.1) is 13.8 Å². The molecular formula is C17H25IN4S. The van der Waals surface area contributed by atoms with Crippen molar-refractivity contribution >= 4 is 41.3 Å². The van der Waals surface area contributed by atoms with Crippen molar-refractivity contribution in [2.75, 3.05) is 13.1 Å². The molecular weight excluding hydrogens is 419 g/mol. The molecule has 6 heteroatoms. The first-order valence-corrected chi connectivity index (χ1v) is 8.54. The number of aliphatic imine (C=N–C) groups is 1. The van der Waals surface area contributed by atoms with Gasteiger partial charge in [0, 0.05) is 24.9 Å². The van der Waals surface area contributed by atoms with Crippen LogP contribution in [0.4, 0.5) is 0 Å². The van der Waals surface area contributed by atoms with Crippen molar-refractivity contribution in [2.24, 2.45) is 4.99 Å². The molecule has 0 spiro atoms. The van der Waals surface area contributed by atoms with Gasteiger partial charge in [0.2, 0.25) is 0 Å². The Kier molecular flexibility index (Phi) is 9.16. The molecule has 2 aromatic rings. The molecule has 2 rings (SSSR count). The minimum atomic E-state index is 0. The second-order valence-electron chi connectivity index (χ2n) is 5.22. The Bertz CT molecular complexity index is 625. The summed E-state index contributed by atoms with van der Waals surface area (Å²) >= 11 is 1.70. The summed E-state index contributed by atoms with van der Waals surface area (Å²) in [4.78, 5) is 9.11. The van der Waals surface area contributed by atoms with Crippen molar-refractivity contribution in [3.63, 3.8) is 0 Å². The van der Waals surface area contributed by atoms with E-state index in [1.54, 1.807) is 11.3 Å². The molecule has 0 unspecified atom stereocenters. The van der Waals surface area contributed by atoms with Gasteiger partial charge in [-0.2, -0.15) is 0 Å². The van der Waals surface area contributed by atoms with E-state index >= 15 is 0 Å². The second-order valence-corrected chi connectivity index (χ2v) is 6.28. The normalized spacial score (nSPS) is 11.0. The lowest BCUT2D eigenvalue weighted by Crippen LogP contribution is -2.38. The number of aryl methyl sites for hydroxylation is 2. The highest BCUT2D eigenvalue weighted by Crippen LogP contribution is 2.08. The summed E-state index contributed by atoms with van der Waals surface area (Å²) in [6.45, 7) is 8.60. The van der Waals surface area contributed by atoms with Crippen molar-refractivity contribution in [3.05, 3.63) is 51.5 Å². The molecule has 126 valence electrons. The third kappa shape index (κ3) is 7.30. The Labute approximate surface area is 159 Å². The predicted octanol–water partition coefficient (Wildman–Crippen LogP) is 3.68. The standard InChI is InChI=1S/C17H24N4S.HI/c1-4-18-17(19-9-8-16-12-22-14(3)21-16)20-11-15-7-5-6-13(2)10-15;/h5-7,10,12H,4,8-9,11H2,1-3H3,(H2,18,19,20);1H. The maximum Gasteiger partial charge on any atom is 0.191 e. The maximum absolute atomic E-state index is 4.64. The summed E-state index contributed by atoms with van der Waals surface area (Å²) in [5.41, 5.74) is 3.64. The molecule has 2 N–H and O–H groups in total. The third-order valence-electron chi connectivity index (χ3n) is 3.19. The average Bonchev–Trinajstić information content (AvgIpc) is 2.90. The molecule has 0 atom stereocenters. The minimum Gasteiger partial charge on any atom is -0.357 e. The van der Waals surface area contributed by atoms with Crippen molar-refractivity contribution in [2.45, 2.75) is 33.7 Å². The van der Waals surface area contributed by atoms with Crippen LogP contribution in [0.1, 0.15) is 28.8 Å². The Morgan fingerprint density at radius 3 is 2.74 bits per heavy atom. The van der Waals surface area contributed by atoms with Crippen LogP contribution in [-0.4, -0.2) is 24.0 Å². The van der Waals surface area contributed by atoms with Gasteiger partial charge in [-0.3, -0.25) is 0 Å². The number of aromatic nitrogens is 1. The van der Waals surface area contributed by atoms with Crippen molar-refractivity contribution in [1.82, 2.24) is 15.6 Å². The van der Waals surface area contributed by atoms with Crippen LogP contribution in [0.5, 0.6) is 0 Å². The maximum atomic E-state index is 4.64. The van der Waals surface area contributed by atoms with Gasteiger partial charge >= 0.3 is 0 Å². The average molecular weight is 444 g/mol. The SMILES string of the molecule is CCNC(=NCc1cccc(C)c1)NCCc1csc(C)n1.I. The lowest BCUT2D eigenvalue weighted by Gasteiger charge is -2.10. The first kappa shape index (κ1) is 19.9. The van der Waals surface area contributed by atoms with E-state index in [9.17, 15) is 0 Å². The van der Waals surface area contributed by atoms with Gasteiger partial charge in [-0.15, -0.1) is 35.3 Å². The Balaban J connectivity index is 0.00000264. The molecule has 0 aliphatic heterocycles. The molecule has 0 fully saturated rings. The lowest BCUT2D eigenvalue weighted by atomic mass is 10.1. The van der Waals surface area contributed by atoms with Gasteiger partial charge in [-0.05, 0) is 26.3 Å². The molecule has 4 nitrogen and oxygen atoms in total. The van der Waals surface area contributed by atoms with Crippen LogP contribution in [-0.2, 0) is 13.0 Å². The Morgan fingerprint density at radius 1 is 1.26 bits per heavy atom. The van der Waals surface area contributed by atoms with Gasteiger partial charge in [0.15, 0.2) is 5.96 Å². The number of halogens is 1. The molecule has 0 bridgehead atoms. The van der Waals surface area contributed by atoms with E-state index in [2.05, 4.69) is 64.1 Å². The quantitative estimate of drug-likeness (QED) is 0.406. The zero-order valence-corrected chi connectivity index (χ0v) is 17.1. The summed E-state index contributed by atoms with van der Waals surface area (Å²) in [7, 11) is 0. The minimum absolute atomic E-state index is 0. The molecule has 1 aromatic carbocycles. The fraction of sp³-hybridized carbons (Fsp3) is 0.412. The molecule has 1 heterocycles. The van der Waals surface area contributed by atoms with Crippen LogP contribution in [0.15, 0.2) is 34.6 Å². The van der Waals surface area contributed by atoms with E-state index in [1.807, 2.05) is 6.92 Å². The van der Waals surface area contributed by atoms with E-state index < -0.39 is 0 Å². The zero-order valence-electron chi connectivity index (χ0n) is 13.9. The number of rotatable bonds is 6. The van der Waals surface area contributed by atoms with Crippen LogP contribution < -0.4 is 10.6 Å². The number of benzene rings is 1. The number of hydrogen-bond donors (Lipinski definition) is 2. The number of nitrogens with zero attached hydrogens (tertiary/aromatic N) is 2. The number of hydrogen-bond acceptors (Lipinski definition) is 3. The molecule has 0 radical (unpaired) electrons. The summed E-state index contributed by atoms with van der Waals surface area (Å²) in [6.07, 6.45) is 0.916. The highest BCUT2D eigenvalue weighted by molar-refractivity contribution is 14.0. The molecule has 23 heavy (non-hydrogen) atoms. The highest BCUT2D eigenvalue weighted by Gasteiger charge is 2.01. The van der Waals surface area contributed by atoms with Crippen LogP contribution in [0.25, 0.3) is 0 Å². The fourth-order valence-corrected chi connectivity index (χ4v) is 2.80. The molecule has 0 aliphatic carbocycles. The Hall–Kier alpha value is -1.15. The van der Waals surface area contributed by atoms with E-state index in [0.29, 0.717) is 6.54 Å². The topological polar surface area (TPSA) is 49.3 Å².